The summed E-state index contributed by atoms with van der Waals surface area (Å²) in [7, 11) is -4.09. The van der Waals surface area contributed by atoms with Gasteiger partial charge in [0.25, 0.3) is 21.6 Å². The number of sulfonamides is 1. The monoisotopic (exact) mass is 634 g/mol. The molecule has 1 amide bonds. The van der Waals surface area contributed by atoms with Crippen molar-refractivity contribution in [2.75, 3.05) is 23.7 Å². The van der Waals surface area contributed by atoms with Crippen LogP contribution in [0.4, 0.5) is 11.4 Å². The zero-order chi connectivity index (χ0) is 31.5. The first-order valence-corrected chi connectivity index (χ1v) is 16.0. The molecular weight excluding hydrogens is 604 g/mol. The van der Waals surface area contributed by atoms with Gasteiger partial charge in [-0.25, -0.2) is 13.8 Å². The molecule has 0 atom stereocenters. The van der Waals surface area contributed by atoms with Crippen LogP contribution in [-0.2, 0) is 21.4 Å². The summed E-state index contributed by atoms with van der Waals surface area (Å²) in [5.41, 5.74) is 4.15. The number of thioether (sulfide) groups is 1. The summed E-state index contributed by atoms with van der Waals surface area (Å²) in [6.07, 6.45) is 3.32. The van der Waals surface area contributed by atoms with E-state index in [1.54, 1.807) is 72.8 Å². The van der Waals surface area contributed by atoms with E-state index in [1.807, 2.05) is 13.2 Å². The quantitative estimate of drug-likeness (QED) is 0.0814. The molecule has 13 heteroatoms. The number of carbonyl (C=O) groups excluding carboxylic acids is 1. The summed E-state index contributed by atoms with van der Waals surface area (Å²) in [5, 5.41) is 14.8. The number of hydrogen-bond acceptors (Lipinski definition) is 9. The number of nitrogens with one attached hydrogen (secondary N) is 1. The van der Waals surface area contributed by atoms with Crippen molar-refractivity contribution < 1.29 is 27.6 Å². The number of hydrogen-bond donors (Lipinski definition) is 1. The Labute approximate surface area is 259 Å². The number of nitro benzene ring substituents is 1. The van der Waals surface area contributed by atoms with Gasteiger partial charge < -0.3 is 9.47 Å². The first-order valence-electron chi connectivity index (χ1n) is 13.4. The number of ether oxygens (including phenoxy) is 2. The molecule has 11 nitrogen and oxygen atoms in total. The molecule has 0 aliphatic rings. The van der Waals surface area contributed by atoms with E-state index in [0.717, 1.165) is 14.8 Å². The number of non-ortho nitro benzene ring substituents is 1. The van der Waals surface area contributed by atoms with Crippen LogP contribution in [0, 0.1) is 10.1 Å². The predicted molar refractivity (Wildman–Crippen MR) is 170 cm³/mol. The van der Waals surface area contributed by atoms with Crippen LogP contribution in [0.25, 0.3) is 0 Å². The van der Waals surface area contributed by atoms with Crippen LogP contribution >= 0.6 is 11.8 Å². The van der Waals surface area contributed by atoms with E-state index < -0.39 is 27.4 Å². The standard InChI is InChI=1S/C31H30N4O7S2/c1-3-41-27-14-10-25(11-15-27)34(44(39,40)30-18-16-29(43-2)17-19-30)21-31(36)33-32-20-23-6-12-28(13-7-23)42-22-24-4-8-26(9-5-24)35(37)38/h4-20H,3,21-22H2,1-2H3,(H,33,36). The third kappa shape index (κ3) is 8.58. The average Bonchev–Trinajstić information content (AvgIpc) is 3.04. The minimum atomic E-state index is -4.09. The van der Waals surface area contributed by atoms with Crippen LogP contribution in [0.15, 0.2) is 112 Å². The molecule has 0 aliphatic heterocycles. The zero-order valence-electron chi connectivity index (χ0n) is 24.0. The number of carbonyl (C=O) groups is 1. The molecule has 228 valence electrons. The van der Waals surface area contributed by atoms with E-state index in [9.17, 15) is 23.3 Å². The smallest absolute Gasteiger partial charge is 0.269 e. The van der Waals surface area contributed by atoms with Crippen molar-refractivity contribution in [3.8, 4) is 11.5 Å². The van der Waals surface area contributed by atoms with E-state index in [0.29, 0.717) is 29.4 Å². The van der Waals surface area contributed by atoms with Gasteiger partial charge in [0.05, 0.1) is 28.3 Å². The molecule has 4 aromatic carbocycles. The van der Waals surface area contributed by atoms with Crippen molar-refractivity contribution in [1.29, 1.82) is 0 Å². The Morgan fingerprint density at radius 3 is 2.14 bits per heavy atom. The first-order chi connectivity index (χ1) is 21.2. The number of rotatable bonds is 14. The van der Waals surface area contributed by atoms with Gasteiger partial charge in [0.1, 0.15) is 24.7 Å². The summed E-state index contributed by atoms with van der Waals surface area (Å²) < 4.78 is 39.5. The number of nitrogens with zero attached hydrogens (tertiary/aromatic N) is 3. The predicted octanol–water partition coefficient (Wildman–Crippen LogP) is 5.64. The van der Waals surface area contributed by atoms with E-state index in [2.05, 4.69) is 10.5 Å². The molecule has 0 saturated heterocycles. The molecule has 0 spiro atoms. The SMILES string of the molecule is CCOc1ccc(N(CC(=O)NN=Cc2ccc(OCc3ccc([N+](=O)[O-])cc3)cc2)S(=O)(=O)c2ccc(SC)cc2)cc1. The lowest BCUT2D eigenvalue weighted by Gasteiger charge is -2.24. The maximum Gasteiger partial charge on any atom is 0.269 e. The summed E-state index contributed by atoms with van der Waals surface area (Å²) in [6.45, 7) is 2.03. The fraction of sp³-hybridized carbons (Fsp3) is 0.161. The van der Waals surface area contributed by atoms with E-state index in [4.69, 9.17) is 9.47 Å². The van der Waals surface area contributed by atoms with Crippen molar-refractivity contribution in [3.05, 3.63) is 118 Å². The molecule has 1 N–H and O–H groups in total. The Morgan fingerprint density at radius 1 is 0.932 bits per heavy atom. The molecule has 0 radical (unpaired) electrons. The van der Waals surface area contributed by atoms with Crippen LogP contribution in [0.1, 0.15) is 18.1 Å². The van der Waals surface area contributed by atoms with Crippen LogP contribution in [0.3, 0.4) is 0 Å². The highest BCUT2D eigenvalue weighted by Crippen LogP contribution is 2.27. The lowest BCUT2D eigenvalue weighted by atomic mass is 10.2. The zero-order valence-corrected chi connectivity index (χ0v) is 25.6. The maximum atomic E-state index is 13.6. The molecule has 0 heterocycles. The largest absolute Gasteiger partial charge is 0.494 e. The highest BCUT2D eigenvalue weighted by molar-refractivity contribution is 7.98. The van der Waals surface area contributed by atoms with Gasteiger partial charge in [0.2, 0.25) is 0 Å². The van der Waals surface area contributed by atoms with Crippen molar-refractivity contribution in [2.45, 2.75) is 23.3 Å². The molecule has 0 fully saturated rings. The topological polar surface area (TPSA) is 140 Å². The molecule has 0 bridgehead atoms. The van der Waals surface area contributed by atoms with Gasteiger partial charge in [0.15, 0.2) is 0 Å². The van der Waals surface area contributed by atoms with Gasteiger partial charge >= 0.3 is 0 Å². The summed E-state index contributed by atoms with van der Waals surface area (Å²) >= 11 is 1.49. The Hall–Kier alpha value is -4.88. The highest BCUT2D eigenvalue weighted by atomic mass is 32.2. The summed E-state index contributed by atoms with van der Waals surface area (Å²) in [4.78, 5) is 24.2. The maximum absolute atomic E-state index is 13.6. The number of benzene rings is 4. The number of anilines is 1. The molecule has 0 aromatic heterocycles. The molecule has 0 saturated carbocycles. The lowest BCUT2D eigenvalue weighted by Crippen LogP contribution is -2.39. The van der Waals surface area contributed by atoms with Gasteiger partial charge in [-0.05, 0) is 109 Å². The Kier molecular flexibility index (Phi) is 10.9. The second-order valence-electron chi connectivity index (χ2n) is 9.19. The van der Waals surface area contributed by atoms with E-state index in [-0.39, 0.29) is 17.2 Å². The van der Waals surface area contributed by atoms with Crippen LogP contribution in [0.2, 0.25) is 0 Å². The Bertz CT molecular complexity index is 1690. The van der Waals surface area contributed by atoms with Gasteiger partial charge in [-0.3, -0.25) is 19.2 Å². The fourth-order valence-corrected chi connectivity index (χ4v) is 5.77. The second kappa shape index (κ2) is 15.0. The Morgan fingerprint density at radius 2 is 1.55 bits per heavy atom. The third-order valence-corrected chi connectivity index (χ3v) is 8.74. The number of nitro groups is 1. The van der Waals surface area contributed by atoms with Crippen molar-refractivity contribution >= 4 is 45.3 Å². The van der Waals surface area contributed by atoms with E-state index >= 15 is 0 Å². The third-order valence-electron chi connectivity index (χ3n) is 6.21. The molecule has 4 aromatic rings. The van der Waals surface area contributed by atoms with Gasteiger partial charge in [-0.15, -0.1) is 11.8 Å². The molecular formula is C31H30N4O7S2. The van der Waals surface area contributed by atoms with Crippen LogP contribution < -0.4 is 19.2 Å². The Balaban J connectivity index is 1.40. The number of amides is 1. The molecule has 0 unspecified atom stereocenters. The number of hydrazone groups is 1. The summed E-state index contributed by atoms with van der Waals surface area (Å²) in [5.74, 6) is 0.517. The van der Waals surface area contributed by atoms with Gasteiger partial charge in [0, 0.05) is 17.0 Å². The van der Waals surface area contributed by atoms with Crippen molar-refractivity contribution in [3.63, 3.8) is 0 Å². The second-order valence-corrected chi connectivity index (χ2v) is 11.9. The summed E-state index contributed by atoms with van der Waals surface area (Å²) in [6, 6.07) is 25.9. The van der Waals surface area contributed by atoms with Crippen molar-refractivity contribution in [2.24, 2.45) is 5.10 Å². The lowest BCUT2D eigenvalue weighted by molar-refractivity contribution is -0.384. The minimum Gasteiger partial charge on any atom is -0.494 e. The fourth-order valence-electron chi connectivity index (χ4n) is 3.94. The van der Waals surface area contributed by atoms with Gasteiger partial charge in [-0.2, -0.15) is 5.10 Å². The molecule has 4 rings (SSSR count). The van der Waals surface area contributed by atoms with E-state index in [1.165, 1.54) is 42.2 Å². The van der Waals surface area contributed by atoms with Crippen molar-refractivity contribution in [1.82, 2.24) is 5.43 Å². The highest BCUT2D eigenvalue weighted by Gasteiger charge is 2.27. The first kappa shape index (κ1) is 32.0. The minimum absolute atomic E-state index is 0.0101. The average molecular weight is 635 g/mol. The molecule has 44 heavy (non-hydrogen) atoms. The van der Waals surface area contributed by atoms with Crippen LogP contribution in [-0.4, -0.2) is 44.9 Å². The van der Waals surface area contributed by atoms with Gasteiger partial charge in [-0.1, -0.05) is 0 Å². The van der Waals surface area contributed by atoms with Crippen LogP contribution in [0.5, 0.6) is 11.5 Å². The normalized spacial score (nSPS) is 11.2. The molecule has 0 aliphatic carbocycles.